The van der Waals surface area contributed by atoms with Gasteiger partial charge in [0.05, 0.1) is 11.4 Å². The lowest BCUT2D eigenvalue weighted by Gasteiger charge is -2.29. The average molecular weight is 584 g/mol. The molecule has 9 nitrogen and oxygen atoms in total. The van der Waals surface area contributed by atoms with E-state index in [0.29, 0.717) is 47.4 Å². The molecule has 3 N–H and O–H groups in total. The fourth-order valence-corrected chi connectivity index (χ4v) is 6.31. The number of aliphatic imine (C=N–C) groups is 1. The van der Waals surface area contributed by atoms with Crippen LogP contribution in [0.2, 0.25) is 0 Å². The Kier molecular flexibility index (Phi) is 7.84. The van der Waals surface area contributed by atoms with Crippen LogP contribution in [0.3, 0.4) is 0 Å². The maximum absolute atomic E-state index is 15.2. The number of phenolic OH excluding ortho intramolecular Hbond substituents is 1. The molecule has 4 aliphatic rings. The third-order valence-electron chi connectivity index (χ3n) is 8.63. The number of hydrogen-bond acceptors (Lipinski definition) is 5. The molecule has 222 valence electrons. The number of benzodiazepines with no additional fused rings is 1. The molecule has 3 aliphatic heterocycles. The average Bonchev–Trinajstić information content (AvgIpc) is 3.38. The van der Waals surface area contributed by atoms with Crippen LogP contribution in [0.25, 0.3) is 0 Å². The predicted molar refractivity (Wildman–Crippen MR) is 162 cm³/mol. The van der Waals surface area contributed by atoms with Crippen LogP contribution in [0, 0.1) is 24.6 Å². The van der Waals surface area contributed by atoms with E-state index >= 15 is 4.39 Å². The molecule has 2 saturated heterocycles. The zero-order valence-corrected chi connectivity index (χ0v) is 23.9. The number of carbonyl (C=O) groups excluding carboxylic acids is 3. The SMILES string of the molecule is Cc1cc(NC(=O)N[C@@H]2N=C(c3ccccc3F)c3ccccc3N(CC(=O)N3CC4CCC(CC4)C3)C2=O)ccc1O. The molecule has 1 aliphatic carbocycles. The Morgan fingerprint density at radius 3 is 2.28 bits per heavy atom. The molecule has 0 unspecified atom stereocenters. The van der Waals surface area contributed by atoms with Crippen LogP contribution in [0.5, 0.6) is 5.75 Å². The van der Waals surface area contributed by atoms with Crippen LogP contribution in [0.4, 0.5) is 20.6 Å². The number of rotatable bonds is 5. The molecular formula is C33H34FN5O4. The minimum absolute atomic E-state index is 0.0829. The van der Waals surface area contributed by atoms with Crippen LogP contribution in [0.1, 0.15) is 42.4 Å². The zero-order valence-electron chi connectivity index (χ0n) is 23.9. The van der Waals surface area contributed by atoms with Gasteiger partial charge in [0, 0.05) is 29.9 Å². The number of halogens is 1. The summed E-state index contributed by atoms with van der Waals surface area (Å²) in [4.78, 5) is 48.9. The molecule has 3 heterocycles. The summed E-state index contributed by atoms with van der Waals surface area (Å²) in [6.45, 7) is 2.81. The van der Waals surface area contributed by atoms with Gasteiger partial charge < -0.3 is 20.6 Å². The summed E-state index contributed by atoms with van der Waals surface area (Å²) < 4.78 is 15.2. The van der Waals surface area contributed by atoms with Gasteiger partial charge in [-0.2, -0.15) is 0 Å². The highest BCUT2D eigenvalue weighted by Gasteiger charge is 2.37. The number of aromatic hydroxyl groups is 1. The number of anilines is 2. The number of urea groups is 1. The van der Waals surface area contributed by atoms with Crippen molar-refractivity contribution in [3.05, 3.63) is 89.2 Å². The molecule has 7 rings (SSSR count). The van der Waals surface area contributed by atoms with E-state index in [1.54, 1.807) is 55.5 Å². The lowest BCUT2D eigenvalue weighted by molar-refractivity contribution is -0.132. The number of carbonyl (C=O) groups is 3. The molecule has 1 atom stereocenters. The smallest absolute Gasteiger partial charge is 0.321 e. The summed E-state index contributed by atoms with van der Waals surface area (Å²) in [5.74, 6) is -0.295. The zero-order chi connectivity index (χ0) is 30.1. The maximum atomic E-state index is 15.2. The van der Waals surface area contributed by atoms with Crippen LogP contribution in [-0.4, -0.2) is 59.4 Å². The number of hydrogen-bond donors (Lipinski definition) is 3. The Morgan fingerprint density at radius 1 is 0.953 bits per heavy atom. The van der Waals surface area contributed by atoms with Crippen molar-refractivity contribution in [3.8, 4) is 5.75 Å². The van der Waals surface area contributed by atoms with Gasteiger partial charge in [-0.05, 0) is 86.4 Å². The van der Waals surface area contributed by atoms with Gasteiger partial charge in [0.25, 0.3) is 5.91 Å². The molecule has 4 amide bonds. The van der Waals surface area contributed by atoms with Gasteiger partial charge in [-0.25, -0.2) is 14.2 Å². The fourth-order valence-electron chi connectivity index (χ4n) is 6.31. The minimum atomic E-state index is -1.45. The van der Waals surface area contributed by atoms with E-state index in [4.69, 9.17) is 0 Å². The Bertz CT molecular complexity index is 1590. The molecule has 3 fully saturated rings. The lowest BCUT2D eigenvalue weighted by atomic mass is 9.84. The first-order valence-corrected chi connectivity index (χ1v) is 14.6. The first-order valence-electron chi connectivity index (χ1n) is 14.6. The summed E-state index contributed by atoms with van der Waals surface area (Å²) in [6.07, 6.45) is 3.00. The van der Waals surface area contributed by atoms with Gasteiger partial charge in [-0.3, -0.25) is 14.5 Å². The van der Waals surface area contributed by atoms with Crippen molar-refractivity contribution in [1.29, 1.82) is 0 Å². The predicted octanol–water partition coefficient (Wildman–Crippen LogP) is 4.82. The highest BCUT2D eigenvalue weighted by atomic mass is 19.1. The topological polar surface area (TPSA) is 114 Å². The molecule has 2 bridgehead atoms. The Labute approximate surface area is 249 Å². The van der Waals surface area contributed by atoms with Crippen LogP contribution >= 0.6 is 0 Å². The lowest BCUT2D eigenvalue weighted by Crippen LogP contribution is -2.51. The molecule has 0 aromatic heterocycles. The highest BCUT2D eigenvalue weighted by Crippen LogP contribution is 2.34. The second-order valence-electron chi connectivity index (χ2n) is 11.6. The number of amides is 4. The Hall–Kier alpha value is -4.73. The fraction of sp³-hybridized carbons (Fsp3) is 0.333. The number of phenols is 1. The molecular weight excluding hydrogens is 549 g/mol. The quantitative estimate of drug-likeness (QED) is 0.374. The van der Waals surface area contributed by atoms with Gasteiger partial charge in [-0.1, -0.05) is 30.3 Å². The van der Waals surface area contributed by atoms with E-state index in [1.807, 2.05) is 4.90 Å². The number of para-hydroxylation sites is 1. The second-order valence-corrected chi connectivity index (χ2v) is 11.6. The van der Waals surface area contributed by atoms with Crippen LogP contribution in [0.15, 0.2) is 71.7 Å². The van der Waals surface area contributed by atoms with E-state index in [2.05, 4.69) is 15.6 Å². The standard InChI is InChI=1S/C33H34FN5O4/c1-20-16-23(14-15-28(20)40)35-33(43)37-31-32(42)39(19-29(41)38-17-21-10-11-22(18-38)13-12-21)27-9-5-3-7-25(27)30(36-31)24-6-2-4-8-26(24)34/h2-9,14-16,21-22,31,40H,10-13,17-19H2,1H3,(H2,35,37,43)/t21?,22?,31-/m0/s1. The second kappa shape index (κ2) is 11.9. The van der Waals surface area contributed by atoms with E-state index in [0.717, 1.165) is 25.7 Å². The van der Waals surface area contributed by atoms with Gasteiger partial charge in [0.15, 0.2) is 0 Å². The normalized spacial score (nSPS) is 21.4. The number of aryl methyl sites for hydroxylation is 1. The Morgan fingerprint density at radius 2 is 1.60 bits per heavy atom. The van der Waals surface area contributed by atoms with Crippen LogP contribution in [-0.2, 0) is 9.59 Å². The molecule has 10 heteroatoms. The number of nitrogens with one attached hydrogen (secondary N) is 2. The molecule has 43 heavy (non-hydrogen) atoms. The van der Waals surface area contributed by atoms with Gasteiger partial charge >= 0.3 is 6.03 Å². The molecule has 1 saturated carbocycles. The third-order valence-corrected chi connectivity index (χ3v) is 8.63. The van der Waals surface area contributed by atoms with Crippen molar-refractivity contribution in [1.82, 2.24) is 10.2 Å². The minimum Gasteiger partial charge on any atom is -0.508 e. The van der Waals surface area contributed by atoms with Crippen molar-refractivity contribution >= 4 is 34.9 Å². The van der Waals surface area contributed by atoms with Gasteiger partial charge in [-0.15, -0.1) is 0 Å². The molecule has 0 radical (unpaired) electrons. The van der Waals surface area contributed by atoms with E-state index in [-0.39, 0.29) is 29.5 Å². The molecule has 0 spiro atoms. The van der Waals surface area contributed by atoms with Gasteiger partial charge in [0.2, 0.25) is 12.1 Å². The summed E-state index contributed by atoms with van der Waals surface area (Å²) in [5.41, 5.74) is 2.21. The summed E-state index contributed by atoms with van der Waals surface area (Å²) in [5, 5.41) is 15.1. The van der Waals surface area contributed by atoms with E-state index < -0.39 is 23.9 Å². The largest absolute Gasteiger partial charge is 0.508 e. The van der Waals surface area contributed by atoms with Gasteiger partial charge in [0.1, 0.15) is 18.1 Å². The number of benzene rings is 3. The summed E-state index contributed by atoms with van der Waals surface area (Å²) in [6, 6.07) is 16.9. The van der Waals surface area contributed by atoms with Crippen molar-refractivity contribution in [2.45, 2.75) is 38.8 Å². The maximum Gasteiger partial charge on any atom is 0.321 e. The molecule has 3 aromatic carbocycles. The van der Waals surface area contributed by atoms with E-state index in [9.17, 15) is 19.5 Å². The molecule has 3 aromatic rings. The third kappa shape index (κ3) is 5.95. The van der Waals surface area contributed by atoms with Crippen molar-refractivity contribution < 1.29 is 23.9 Å². The Balaban J connectivity index is 1.35. The first-order chi connectivity index (χ1) is 20.8. The van der Waals surface area contributed by atoms with Crippen molar-refractivity contribution in [3.63, 3.8) is 0 Å². The van der Waals surface area contributed by atoms with Crippen molar-refractivity contribution in [2.75, 3.05) is 29.9 Å². The van der Waals surface area contributed by atoms with E-state index in [1.165, 1.54) is 23.1 Å². The number of fused-ring (bicyclic) bond motifs is 5. The summed E-state index contributed by atoms with van der Waals surface area (Å²) >= 11 is 0. The monoisotopic (exact) mass is 583 g/mol. The highest BCUT2D eigenvalue weighted by molar-refractivity contribution is 6.21. The first kappa shape index (κ1) is 28.4. The summed E-state index contributed by atoms with van der Waals surface area (Å²) in [7, 11) is 0. The van der Waals surface area contributed by atoms with Crippen LogP contribution < -0.4 is 15.5 Å². The van der Waals surface area contributed by atoms with Crippen molar-refractivity contribution in [2.24, 2.45) is 16.8 Å². The number of nitrogens with zero attached hydrogens (tertiary/aromatic N) is 3.